The van der Waals surface area contributed by atoms with Gasteiger partial charge in [-0.05, 0) is 52.1 Å². The molecular formula is C14H30N4OTi. The average molecular weight is 318 g/mol. The van der Waals surface area contributed by atoms with Crippen LogP contribution in [0.25, 0.3) is 5.32 Å². The van der Waals surface area contributed by atoms with Crippen molar-refractivity contribution in [3.05, 3.63) is 5.32 Å². The third kappa shape index (κ3) is 20.5. The molecule has 0 aromatic carbocycles. The van der Waals surface area contributed by atoms with Crippen molar-refractivity contribution in [1.29, 1.82) is 0 Å². The van der Waals surface area contributed by atoms with Crippen molar-refractivity contribution in [3.63, 3.8) is 0 Å². The van der Waals surface area contributed by atoms with E-state index in [2.05, 4.69) is 21.3 Å². The molecule has 0 aromatic rings. The largest absolute Gasteiger partial charge is 2.00 e. The normalized spacial score (nSPS) is 19.9. The Hall–Kier alpha value is 0.224. The van der Waals surface area contributed by atoms with E-state index >= 15 is 0 Å². The van der Waals surface area contributed by atoms with Crippen LogP contribution in [-0.4, -0.2) is 58.6 Å². The predicted molar refractivity (Wildman–Crippen MR) is 81.5 cm³/mol. The molecule has 3 N–H and O–H groups in total. The fourth-order valence-electron chi connectivity index (χ4n) is 1.80. The van der Waals surface area contributed by atoms with Gasteiger partial charge in [-0.25, -0.2) is 0 Å². The van der Waals surface area contributed by atoms with Crippen LogP contribution in [0.1, 0.15) is 32.6 Å². The number of nitrogens with zero attached hydrogens (tertiary/aromatic N) is 1. The van der Waals surface area contributed by atoms with Crippen molar-refractivity contribution in [2.75, 3.05) is 52.4 Å². The first-order valence-electron chi connectivity index (χ1n) is 7.46. The first-order valence-corrected chi connectivity index (χ1v) is 7.46. The molecule has 20 heavy (non-hydrogen) atoms. The maximum atomic E-state index is 8.68. The standard InChI is InChI=1S/C12H27N4.C2H3O.Ti/c1-5-13-7-2-9-15-11-4-12-16-10-3-8-14-6-1;1-2-3;/h13-15H,1-12H2;1H3;/q2*-1;+2. The minimum Gasteiger partial charge on any atom is -0.662 e. The van der Waals surface area contributed by atoms with Crippen molar-refractivity contribution >= 4 is 6.29 Å². The van der Waals surface area contributed by atoms with Crippen molar-refractivity contribution in [1.82, 2.24) is 16.0 Å². The summed E-state index contributed by atoms with van der Waals surface area (Å²) in [4.78, 5) is 8.68. The Bertz CT molecular complexity index is 121. The summed E-state index contributed by atoms with van der Waals surface area (Å²) in [5.41, 5.74) is 0. The molecule has 1 heterocycles. The van der Waals surface area contributed by atoms with Gasteiger partial charge >= 0.3 is 21.7 Å². The second-order valence-corrected chi connectivity index (χ2v) is 4.54. The van der Waals surface area contributed by atoms with Crippen molar-refractivity contribution < 1.29 is 26.5 Å². The Morgan fingerprint density at radius 2 is 1.05 bits per heavy atom. The van der Waals surface area contributed by atoms with Gasteiger partial charge in [0.25, 0.3) is 0 Å². The van der Waals surface area contributed by atoms with E-state index in [9.17, 15) is 0 Å². The Labute approximate surface area is 139 Å². The van der Waals surface area contributed by atoms with Crippen molar-refractivity contribution in [2.45, 2.75) is 32.6 Å². The Balaban J connectivity index is 0. The van der Waals surface area contributed by atoms with E-state index in [1.807, 2.05) is 0 Å². The maximum Gasteiger partial charge on any atom is 2.00 e. The molecule has 0 spiro atoms. The molecule has 6 heteroatoms. The summed E-state index contributed by atoms with van der Waals surface area (Å²) in [7, 11) is 0. The maximum absolute atomic E-state index is 8.68. The summed E-state index contributed by atoms with van der Waals surface area (Å²) < 4.78 is 0. The molecule has 1 aliphatic rings. The number of hydrogen-bond acceptors (Lipinski definition) is 4. The van der Waals surface area contributed by atoms with Gasteiger partial charge in [0.05, 0.1) is 0 Å². The fraction of sp³-hybridized carbons (Fsp3) is 0.929. The molecule has 5 nitrogen and oxygen atoms in total. The summed E-state index contributed by atoms with van der Waals surface area (Å²) in [6.45, 7) is 10.1. The molecule has 1 fully saturated rings. The molecule has 0 aromatic heterocycles. The van der Waals surface area contributed by atoms with Crippen LogP contribution >= 0.6 is 0 Å². The molecule has 1 saturated heterocycles. The van der Waals surface area contributed by atoms with Gasteiger partial charge in [-0.2, -0.15) is 6.92 Å². The first kappa shape index (κ1) is 22.5. The molecule has 0 atom stereocenters. The van der Waals surface area contributed by atoms with Gasteiger partial charge in [-0.3, -0.25) is 6.29 Å². The number of hydrogen-bond donors (Lipinski definition) is 3. The van der Waals surface area contributed by atoms with Gasteiger partial charge in [0.2, 0.25) is 0 Å². The zero-order chi connectivity index (χ0) is 14.0. The minimum absolute atomic E-state index is 0. The van der Waals surface area contributed by atoms with Crippen LogP contribution in [-0.2, 0) is 26.5 Å². The smallest absolute Gasteiger partial charge is 0.662 e. The van der Waals surface area contributed by atoms with E-state index in [0.717, 1.165) is 52.4 Å². The van der Waals surface area contributed by atoms with Crippen LogP contribution in [0, 0.1) is 0 Å². The van der Waals surface area contributed by atoms with Gasteiger partial charge in [-0.1, -0.05) is 12.8 Å². The molecule has 0 unspecified atom stereocenters. The van der Waals surface area contributed by atoms with Gasteiger partial charge in [-0.15, -0.1) is 13.1 Å². The topological polar surface area (TPSA) is 67.3 Å². The third-order valence-corrected chi connectivity index (χ3v) is 2.75. The second-order valence-electron chi connectivity index (χ2n) is 4.54. The fourth-order valence-corrected chi connectivity index (χ4v) is 1.80. The van der Waals surface area contributed by atoms with Crippen molar-refractivity contribution in [3.8, 4) is 0 Å². The Kier molecular flexibility index (Phi) is 24.2. The summed E-state index contributed by atoms with van der Waals surface area (Å²) in [6, 6.07) is 0. The van der Waals surface area contributed by atoms with Crippen LogP contribution in [0.2, 0.25) is 0 Å². The summed E-state index contributed by atoms with van der Waals surface area (Å²) in [5.74, 6) is 0. The van der Waals surface area contributed by atoms with E-state index in [1.54, 1.807) is 0 Å². The molecule has 0 bridgehead atoms. The predicted octanol–water partition coefficient (Wildman–Crippen LogP) is 0.816. The van der Waals surface area contributed by atoms with Gasteiger partial charge < -0.3 is 26.1 Å². The second kappa shape index (κ2) is 21.5. The van der Waals surface area contributed by atoms with E-state index in [4.69, 9.17) is 4.79 Å². The summed E-state index contributed by atoms with van der Waals surface area (Å²) >= 11 is 0. The monoisotopic (exact) mass is 318 g/mol. The van der Waals surface area contributed by atoms with Gasteiger partial charge in [0.1, 0.15) is 0 Å². The SMILES string of the molecule is C1C[N-]CCCNCCCNCCCNC1.C[C-]=O.[Ti+2]. The van der Waals surface area contributed by atoms with Crippen LogP contribution in [0.5, 0.6) is 0 Å². The number of carbonyl (C=O) groups excluding carboxylic acids is 1. The number of rotatable bonds is 0. The molecule has 1 rings (SSSR count). The van der Waals surface area contributed by atoms with E-state index in [-0.39, 0.29) is 21.7 Å². The summed E-state index contributed by atoms with van der Waals surface area (Å²) in [6.07, 6.45) is 6.32. The van der Waals surface area contributed by atoms with Crippen LogP contribution < -0.4 is 16.0 Å². The zero-order valence-electron chi connectivity index (χ0n) is 12.8. The molecule has 0 amide bonds. The van der Waals surface area contributed by atoms with Crippen LogP contribution in [0.3, 0.4) is 0 Å². The molecule has 0 radical (unpaired) electrons. The van der Waals surface area contributed by atoms with E-state index < -0.39 is 0 Å². The Morgan fingerprint density at radius 1 is 0.750 bits per heavy atom. The average Bonchev–Trinajstić information content (AvgIpc) is 2.40. The number of nitrogens with one attached hydrogen (secondary N) is 3. The van der Waals surface area contributed by atoms with Crippen LogP contribution in [0.4, 0.5) is 0 Å². The van der Waals surface area contributed by atoms with E-state index in [0.29, 0.717) is 0 Å². The van der Waals surface area contributed by atoms with Gasteiger partial charge in [0, 0.05) is 0 Å². The first-order chi connectivity index (χ1) is 9.41. The Morgan fingerprint density at radius 3 is 1.40 bits per heavy atom. The molecule has 116 valence electrons. The summed E-state index contributed by atoms with van der Waals surface area (Å²) in [5, 5.41) is 14.9. The zero-order valence-corrected chi connectivity index (χ0v) is 14.4. The van der Waals surface area contributed by atoms with Gasteiger partial charge in [0.15, 0.2) is 0 Å². The minimum atomic E-state index is 0. The van der Waals surface area contributed by atoms with E-state index in [1.165, 1.54) is 38.9 Å². The molecular weight excluding hydrogens is 288 g/mol. The van der Waals surface area contributed by atoms with Crippen molar-refractivity contribution in [2.24, 2.45) is 0 Å². The molecule has 0 aliphatic carbocycles. The third-order valence-electron chi connectivity index (χ3n) is 2.75. The molecule has 1 aliphatic heterocycles. The molecule has 0 saturated carbocycles. The van der Waals surface area contributed by atoms with Crippen LogP contribution in [0.15, 0.2) is 0 Å². The quantitative estimate of drug-likeness (QED) is 0.457.